The second-order valence-electron chi connectivity index (χ2n) is 5.66. The molecular formula is C19H23N3O2. The van der Waals surface area contributed by atoms with Crippen molar-refractivity contribution in [2.75, 3.05) is 13.1 Å². The zero-order valence-corrected chi connectivity index (χ0v) is 14.1. The van der Waals surface area contributed by atoms with Gasteiger partial charge < -0.3 is 10.6 Å². The summed E-state index contributed by atoms with van der Waals surface area (Å²) in [6.07, 6.45) is 2.29. The first-order valence-corrected chi connectivity index (χ1v) is 8.16. The number of carbonyl (C=O) groups is 2. The van der Waals surface area contributed by atoms with Crippen LogP contribution in [0.4, 0.5) is 0 Å². The molecule has 1 atom stereocenters. The molecule has 1 aromatic heterocycles. The molecule has 2 rings (SSSR count). The molecule has 2 amide bonds. The van der Waals surface area contributed by atoms with Gasteiger partial charge in [0.1, 0.15) is 5.69 Å². The van der Waals surface area contributed by atoms with Crippen LogP contribution >= 0.6 is 0 Å². The maximum atomic E-state index is 12.7. The van der Waals surface area contributed by atoms with E-state index in [0.29, 0.717) is 24.3 Å². The van der Waals surface area contributed by atoms with Crippen molar-refractivity contribution in [3.63, 3.8) is 0 Å². The Morgan fingerprint density at radius 1 is 1.12 bits per heavy atom. The number of amides is 2. The van der Waals surface area contributed by atoms with Gasteiger partial charge in [-0.1, -0.05) is 37.3 Å². The highest BCUT2D eigenvalue weighted by Gasteiger charge is 2.20. The number of primary amides is 1. The lowest BCUT2D eigenvalue weighted by atomic mass is 9.96. The average Bonchev–Trinajstić information content (AvgIpc) is 2.63. The van der Waals surface area contributed by atoms with Crippen LogP contribution in [-0.4, -0.2) is 34.8 Å². The molecule has 0 aliphatic carbocycles. The van der Waals surface area contributed by atoms with Crippen molar-refractivity contribution >= 4 is 11.8 Å². The zero-order chi connectivity index (χ0) is 17.5. The van der Waals surface area contributed by atoms with Gasteiger partial charge in [0, 0.05) is 25.2 Å². The molecule has 0 bridgehead atoms. The number of nitrogens with two attached hydrogens (primary N) is 1. The molecule has 0 unspecified atom stereocenters. The summed E-state index contributed by atoms with van der Waals surface area (Å²) >= 11 is 0. The highest BCUT2D eigenvalue weighted by molar-refractivity contribution is 5.95. The quantitative estimate of drug-likeness (QED) is 0.850. The first kappa shape index (κ1) is 17.7. The average molecular weight is 325 g/mol. The van der Waals surface area contributed by atoms with Crippen molar-refractivity contribution in [3.8, 4) is 0 Å². The Kier molecular flexibility index (Phi) is 6.07. The van der Waals surface area contributed by atoms with E-state index in [1.807, 2.05) is 25.1 Å². The van der Waals surface area contributed by atoms with Gasteiger partial charge in [0.05, 0.1) is 5.56 Å². The molecule has 1 heterocycles. The summed E-state index contributed by atoms with van der Waals surface area (Å²) in [5.74, 6) is -0.410. The van der Waals surface area contributed by atoms with Gasteiger partial charge in [-0.25, -0.2) is 0 Å². The zero-order valence-electron chi connectivity index (χ0n) is 14.1. The minimum Gasteiger partial charge on any atom is -0.366 e. The molecular weight excluding hydrogens is 302 g/mol. The van der Waals surface area contributed by atoms with E-state index in [0.717, 1.165) is 6.42 Å². The fourth-order valence-electron chi connectivity index (χ4n) is 2.65. The monoisotopic (exact) mass is 325 g/mol. The lowest BCUT2D eigenvalue weighted by Gasteiger charge is -2.26. The lowest BCUT2D eigenvalue weighted by Crippen LogP contribution is -2.35. The number of rotatable bonds is 7. The number of hydrogen-bond acceptors (Lipinski definition) is 3. The molecule has 2 aromatic rings. The molecule has 126 valence electrons. The number of aromatic nitrogens is 1. The summed E-state index contributed by atoms with van der Waals surface area (Å²) in [7, 11) is 0. The van der Waals surface area contributed by atoms with Crippen LogP contribution in [0.2, 0.25) is 0 Å². The maximum Gasteiger partial charge on any atom is 0.272 e. The van der Waals surface area contributed by atoms with Crippen molar-refractivity contribution in [2.45, 2.75) is 26.2 Å². The number of benzene rings is 1. The Labute approximate surface area is 142 Å². The highest BCUT2D eigenvalue weighted by Crippen LogP contribution is 2.21. The Morgan fingerprint density at radius 2 is 1.83 bits per heavy atom. The van der Waals surface area contributed by atoms with Crippen molar-refractivity contribution < 1.29 is 9.59 Å². The number of likely N-dealkylation sites (N-methyl/N-ethyl adjacent to an activating group) is 1. The smallest absolute Gasteiger partial charge is 0.272 e. The molecule has 1 aromatic carbocycles. The van der Waals surface area contributed by atoms with E-state index in [1.165, 1.54) is 17.8 Å². The first-order chi connectivity index (χ1) is 11.6. The fraction of sp³-hybridized carbons (Fsp3) is 0.316. The Bertz CT molecular complexity index is 684. The standard InChI is InChI=1S/C19H23N3O2/c1-3-14(15-8-6-5-7-9-15)13-22(4-2)19(24)17-11-10-16(12-21-17)18(20)23/h5-12,14H,3-4,13H2,1-2H3,(H2,20,23)/t14-/m0/s1. The Morgan fingerprint density at radius 3 is 2.33 bits per heavy atom. The molecule has 0 saturated carbocycles. The van der Waals surface area contributed by atoms with Crippen LogP contribution in [0.25, 0.3) is 0 Å². The van der Waals surface area contributed by atoms with Gasteiger partial charge in [0.15, 0.2) is 0 Å². The molecule has 24 heavy (non-hydrogen) atoms. The van der Waals surface area contributed by atoms with E-state index in [-0.39, 0.29) is 11.8 Å². The van der Waals surface area contributed by atoms with Gasteiger partial charge in [-0.3, -0.25) is 14.6 Å². The summed E-state index contributed by atoms with van der Waals surface area (Å²) in [5, 5.41) is 0. The summed E-state index contributed by atoms with van der Waals surface area (Å²) < 4.78 is 0. The normalized spacial score (nSPS) is 11.8. The third-order valence-electron chi connectivity index (χ3n) is 4.14. The van der Waals surface area contributed by atoms with Gasteiger partial charge >= 0.3 is 0 Å². The molecule has 0 aliphatic heterocycles. The third-order valence-corrected chi connectivity index (χ3v) is 4.14. The predicted molar refractivity (Wildman–Crippen MR) is 93.8 cm³/mol. The van der Waals surface area contributed by atoms with E-state index < -0.39 is 5.91 Å². The van der Waals surface area contributed by atoms with Crippen molar-refractivity contribution in [3.05, 3.63) is 65.5 Å². The van der Waals surface area contributed by atoms with Gasteiger partial charge in [-0.05, 0) is 31.0 Å². The molecule has 0 fully saturated rings. The Balaban J connectivity index is 2.14. The van der Waals surface area contributed by atoms with Crippen LogP contribution in [0, 0.1) is 0 Å². The molecule has 5 nitrogen and oxygen atoms in total. The van der Waals surface area contributed by atoms with Gasteiger partial charge in [-0.2, -0.15) is 0 Å². The number of carbonyl (C=O) groups excluding carboxylic acids is 2. The summed E-state index contributed by atoms with van der Waals surface area (Å²) in [5.41, 5.74) is 7.05. The predicted octanol–water partition coefficient (Wildman–Crippen LogP) is 2.84. The van der Waals surface area contributed by atoms with E-state index in [1.54, 1.807) is 11.0 Å². The number of pyridine rings is 1. The van der Waals surface area contributed by atoms with E-state index in [9.17, 15) is 9.59 Å². The summed E-state index contributed by atoms with van der Waals surface area (Å²) in [4.78, 5) is 29.7. The van der Waals surface area contributed by atoms with Crippen molar-refractivity contribution in [2.24, 2.45) is 5.73 Å². The van der Waals surface area contributed by atoms with Crippen LogP contribution in [-0.2, 0) is 0 Å². The first-order valence-electron chi connectivity index (χ1n) is 8.16. The van der Waals surface area contributed by atoms with Gasteiger partial charge in [0.2, 0.25) is 5.91 Å². The Hall–Kier alpha value is -2.69. The number of nitrogens with zero attached hydrogens (tertiary/aromatic N) is 2. The molecule has 0 aliphatic rings. The van der Waals surface area contributed by atoms with Crippen LogP contribution in [0.5, 0.6) is 0 Å². The molecule has 0 saturated heterocycles. The minimum absolute atomic E-state index is 0.136. The second-order valence-corrected chi connectivity index (χ2v) is 5.66. The molecule has 2 N–H and O–H groups in total. The van der Waals surface area contributed by atoms with Crippen LogP contribution in [0.3, 0.4) is 0 Å². The van der Waals surface area contributed by atoms with E-state index in [2.05, 4.69) is 24.0 Å². The van der Waals surface area contributed by atoms with E-state index in [4.69, 9.17) is 5.73 Å². The van der Waals surface area contributed by atoms with Gasteiger partial charge in [0.25, 0.3) is 5.91 Å². The maximum absolute atomic E-state index is 12.7. The summed E-state index contributed by atoms with van der Waals surface area (Å²) in [6, 6.07) is 13.3. The van der Waals surface area contributed by atoms with Crippen LogP contribution < -0.4 is 5.73 Å². The third kappa shape index (κ3) is 4.19. The minimum atomic E-state index is -0.552. The fourth-order valence-corrected chi connectivity index (χ4v) is 2.65. The van der Waals surface area contributed by atoms with Crippen molar-refractivity contribution in [1.82, 2.24) is 9.88 Å². The topological polar surface area (TPSA) is 76.3 Å². The molecule has 0 radical (unpaired) electrons. The number of hydrogen-bond donors (Lipinski definition) is 1. The molecule has 5 heteroatoms. The largest absolute Gasteiger partial charge is 0.366 e. The highest BCUT2D eigenvalue weighted by atomic mass is 16.2. The lowest BCUT2D eigenvalue weighted by molar-refractivity contribution is 0.0746. The van der Waals surface area contributed by atoms with Crippen LogP contribution in [0.15, 0.2) is 48.7 Å². The van der Waals surface area contributed by atoms with E-state index >= 15 is 0 Å². The second kappa shape index (κ2) is 8.24. The SMILES string of the molecule is CC[C@@H](CN(CC)C(=O)c1ccc(C(N)=O)cn1)c1ccccc1. The van der Waals surface area contributed by atoms with Crippen LogP contribution in [0.1, 0.15) is 52.6 Å². The van der Waals surface area contributed by atoms with Crippen molar-refractivity contribution in [1.29, 1.82) is 0 Å². The summed E-state index contributed by atoms with van der Waals surface area (Å²) in [6.45, 7) is 5.31. The molecule has 0 spiro atoms. The van der Waals surface area contributed by atoms with Gasteiger partial charge in [-0.15, -0.1) is 0 Å².